The summed E-state index contributed by atoms with van der Waals surface area (Å²) >= 11 is 17.3. The lowest BCUT2D eigenvalue weighted by Gasteiger charge is -2.22. The van der Waals surface area contributed by atoms with Crippen LogP contribution < -0.4 is 5.32 Å². The van der Waals surface area contributed by atoms with Gasteiger partial charge in [-0.05, 0) is 64.3 Å². The highest BCUT2D eigenvalue weighted by molar-refractivity contribution is 9.11. The summed E-state index contributed by atoms with van der Waals surface area (Å²) in [4.78, 5) is 0. The normalized spacial score (nSPS) is 12.5. The van der Waals surface area contributed by atoms with E-state index in [2.05, 4.69) is 85.2 Å². The second kappa shape index (κ2) is 7.60. The first kappa shape index (κ1) is 17.5. The summed E-state index contributed by atoms with van der Waals surface area (Å²) in [6.45, 7) is 5.02. The third-order valence-corrected chi connectivity index (χ3v) is 6.14. The molecule has 0 heterocycles. The third-order valence-electron chi connectivity index (χ3n) is 3.29. The van der Waals surface area contributed by atoms with Crippen LogP contribution in [0.5, 0.6) is 0 Å². The monoisotopic (exact) mass is 493 g/mol. The van der Waals surface area contributed by atoms with Crippen molar-refractivity contribution < 1.29 is 0 Å². The first-order chi connectivity index (χ1) is 9.95. The van der Waals surface area contributed by atoms with E-state index in [-0.39, 0.29) is 6.04 Å². The van der Waals surface area contributed by atoms with Crippen molar-refractivity contribution in [3.05, 3.63) is 65.5 Å². The smallest absolute Gasteiger partial charge is 0.0603 e. The Bertz CT molecular complexity index is 658. The molecule has 21 heavy (non-hydrogen) atoms. The Hall–Kier alpha value is 0.130. The number of nitrogens with one attached hydrogen (secondary N) is 1. The number of hydrogen-bond donors (Lipinski definition) is 1. The van der Waals surface area contributed by atoms with Gasteiger partial charge in [-0.2, -0.15) is 0 Å². The van der Waals surface area contributed by atoms with Crippen LogP contribution in [0, 0.1) is 6.92 Å². The Morgan fingerprint density at radius 2 is 1.76 bits per heavy atom. The van der Waals surface area contributed by atoms with Crippen LogP contribution in [-0.4, -0.2) is 6.54 Å². The SMILES string of the molecule is CCNC(c1cc(Br)c(C)cc1Br)c1cccc(Br)c1Cl. The van der Waals surface area contributed by atoms with Gasteiger partial charge in [0.1, 0.15) is 0 Å². The predicted octanol–water partition coefficient (Wildman–Crippen LogP) is 6.63. The van der Waals surface area contributed by atoms with Crippen LogP contribution in [0.1, 0.15) is 29.7 Å². The first-order valence-electron chi connectivity index (χ1n) is 6.58. The molecule has 1 nitrogen and oxygen atoms in total. The molecular formula is C16H15Br3ClN. The molecule has 0 spiro atoms. The van der Waals surface area contributed by atoms with Gasteiger partial charge in [0.05, 0.1) is 11.1 Å². The largest absolute Gasteiger partial charge is 0.306 e. The van der Waals surface area contributed by atoms with E-state index in [1.165, 1.54) is 5.56 Å². The lowest BCUT2D eigenvalue weighted by molar-refractivity contribution is 0.628. The minimum Gasteiger partial charge on any atom is -0.306 e. The van der Waals surface area contributed by atoms with Crippen LogP contribution in [0.25, 0.3) is 0 Å². The van der Waals surface area contributed by atoms with Crippen molar-refractivity contribution in [2.75, 3.05) is 6.54 Å². The van der Waals surface area contributed by atoms with E-state index in [0.29, 0.717) is 0 Å². The van der Waals surface area contributed by atoms with Gasteiger partial charge in [-0.15, -0.1) is 0 Å². The summed E-state index contributed by atoms with van der Waals surface area (Å²) in [6.07, 6.45) is 0. The maximum absolute atomic E-state index is 6.48. The number of halogens is 4. The van der Waals surface area contributed by atoms with Gasteiger partial charge in [0, 0.05) is 13.4 Å². The fourth-order valence-corrected chi connectivity index (χ4v) is 3.88. The van der Waals surface area contributed by atoms with Crippen LogP contribution in [0.15, 0.2) is 43.7 Å². The van der Waals surface area contributed by atoms with Gasteiger partial charge in [-0.3, -0.25) is 0 Å². The number of aryl methyl sites for hydroxylation is 1. The molecule has 2 rings (SSSR count). The summed E-state index contributed by atoms with van der Waals surface area (Å²) in [5, 5.41) is 4.26. The van der Waals surface area contributed by atoms with Gasteiger partial charge < -0.3 is 5.32 Å². The van der Waals surface area contributed by atoms with Crippen LogP contribution in [0.2, 0.25) is 5.02 Å². The molecule has 1 atom stereocenters. The van der Waals surface area contributed by atoms with Crippen molar-refractivity contribution in [1.29, 1.82) is 0 Å². The van der Waals surface area contributed by atoms with E-state index >= 15 is 0 Å². The summed E-state index contributed by atoms with van der Waals surface area (Å²) < 4.78 is 3.08. The molecule has 0 bridgehead atoms. The minimum absolute atomic E-state index is 0.0336. The molecule has 0 aromatic heterocycles. The van der Waals surface area contributed by atoms with E-state index in [1.807, 2.05) is 12.1 Å². The zero-order valence-electron chi connectivity index (χ0n) is 11.7. The van der Waals surface area contributed by atoms with Crippen LogP contribution >= 0.6 is 59.4 Å². The van der Waals surface area contributed by atoms with Gasteiger partial charge in [0.2, 0.25) is 0 Å². The van der Waals surface area contributed by atoms with Gasteiger partial charge in [0.15, 0.2) is 0 Å². The average molecular weight is 496 g/mol. The fraction of sp³-hybridized carbons (Fsp3) is 0.250. The molecular weight excluding hydrogens is 481 g/mol. The molecule has 0 aliphatic rings. The summed E-state index contributed by atoms with van der Waals surface area (Å²) in [7, 11) is 0. The molecule has 2 aromatic rings. The van der Waals surface area contributed by atoms with Crippen LogP contribution in [-0.2, 0) is 0 Å². The van der Waals surface area contributed by atoms with Crippen molar-refractivity contribution in [2.24, 2.45) is 0 Å². The van der Waals surface area contributed by atoms with Crippen molar-refractivity contribution in [2.45, 2.75) is 19.9 Å². The Kier molecular flexibility index (Phi) is 6.33. The predicted molar refractivity (Wildman–Crippen MR) is 101 cm³/mol. The van der Waals surface area contributed by atoms with E-state index in [4.69, 9.17) is 11.6 Å². The molecule has 5 heteroatoms. The zero-order valence-corrected chi connectivity index (χ0v) is 17.2. The van der Waals surface area contributed by atoms with Gasteiger partial charge in [-0.1, -0.05) is 62.5 Å². The Labute approximate surface area is 155 Å². The summed E-state index contributed by atoms with van der Waals surface area (Å²) in [5.41, 5.74) is 3.42. The highest BCUT2D eigenvalue weighted by atomic mass is 79.9. The van der Waals surface area contributed by atoms with E-state index < -0.39 is 0 Å². The van der Waals surface area contributed by atoms with Crippen molar-refractivity contribution in [3.63, 3.8) is 0 Å². The second-order valence-electron chi connectivity index (χ2n) is 4.76. The van der Waals surface area contributed by atoms with E-state index in [9.17, 15) is 0 Å². The Morgan fingerprint density at radius 3 is 2.43 bits per heavy atom. The highest BCUT2D eigenvalue weighted by Crippen LogP contribution is 2.37. The lowest BCUT2D eigenvalue weighted by atomic mass is 9.97. The molecule has 2 aromatic carbocycles. The van der Waals surface area contributed by atoms with E-state index in [1.54, 1.807) is 0 Å². The van der Waals surface area contributed by atoms with Crippen LogP contribution in [0.4, 0.5) is 0 Å². The zero-order chi connectivity index (χ0) is 15.6. The minimum atomic E-state index is 0.0336. The molecule has 0 amide bonds. The molecule has 0 aliphatic carbocycles. The Balaban J connectivity index is 2.59. The molecule has 112 valence electrons. The summed E-state index contributed by atoms with van der Waals surface area (Å²) in [5.74, 6) is 0. The molecule has 1 unspecified atom stereocenters. The number of hydrogen-bond acceptors (Lipinski definition) is 1. The molecule has 0 fully saturated rings. The van der Waals surface area contributed by atoms with Gasteiger partial charge in [-0.25, -0.2) is 0 Å². The van der Waals surface area contributed by atoms with Crippen molar-refractivity contribution in [3.8, 4) is 0 Å². The molecule has 0 saturated carbocycles. The quantitative estimate of drug-likeness (QED) is 0.501. The van der Waals surface area contributed by atoms with Crippen molar-refractivity contribution in [1.82, 2.24) is 5.32 Å². The summed E-state index contributed by atoms with van der Waals surface area (Å²) in [6, 6.07) is 10.3. The van der Waals surface area contributed by atoms with Gasteiger partial charge >= 0.3 is 0 Å². The molecule has 0 aliphatic heterocycles. The molecule has 0 saturated heterocycles. The molecule has 1 N–H and O–H groups in total. The topological polar surface area (TPSA) is 12.0 Å². The standard InChI is InChI=1S/C16H15Br3ClN/c1-3-21-16(10-5-4-6-12(17)15(10)20)11-8-13(18)9(2)7-14(11)19/h4-8,16,21H,3H2,1-2H3. The second-order valence-corrected chi connectivity index (χ2v) is 7.70. The maximum atomic E-state index is 6.48. The number of benzene rings is 2. The van der Waals surface area contributed by atoms with Crippen molar-refractivity contribution >= 4 is 59.4 Å². The number of rotatable bonds is 4. The maximum Gasteiger partial charge on any atom is 0.0603 e. The van der Waals surface area contributed by atoms with Crippen LogP contribution in [0.3, 0.4) is 0 Å². The average Bonchev–Trinajstić information content (AvgIpc) is 2.44. The fourth-order valence-electron chi connectivity index (χ4n) is 2.22. The first-order valence-corrected chi connectivity index (χ1v) is 9.34. The van der Waals surface area contributed by atoms with Gasteiger partial charge in [0.25, 0.3) is 0 Å². The Morgan fingerprint density at radius 1 is 1.05 bits per heavy atom. The third kappa shape index (κ3) is 3.91. The highest BCUT2D eigenvalue weighted by Gasteiger charge is 2.20. The molecule has 0 radical (unpaired) electrons. The lowest BCUT2D eigenvalue weighted by Crippen LogP contribution is -2.23. The van der Waals surface area contributed by atoms with E-state index in [0.717, 1.165) is 36.1 Å².